The molecule has 5 saturated heterocycles. The van der Waals surface area contributed by atoms with Gasteiger partial charge < -0.3 is 4.74 Å². The number of hydrogen-bond acceptors (Lipinski definition) is 10. The molecule has 10 nitrogen and oxygen atoms in total. The fraction of sp³-hybridized carbons (Fsp3) is 0.973. The van der Waals surface area contributed by atoms with Crippen molar-refractivity contribution in [3.8, 4) is 0 Å². The van der Waals surface area contributed by atoms with Crippen molar-refractivity contribution in [1.82, 2.24) is 42.5 Å². The van der Waals surface area contributed by atoms with E-state index in [-0.39, 0.29) is 30.6 Å². The fourth-order valence-electron chi connectivity index (χ4n) is 13.0. The first-order chi connectivity index (χ1) is 23.0. The molecule has 17 unspecified atom stereocenters. The topological polar surface area (TPSA) is 123 Å². The molecule has 5 aliphatic heterocycles. The summed E-state index contributed by atoms with van der Waals surface area (Å²) in [4.78, 5) is 13.1. The van der Waals surface area contributed by atoms with Crippen molar-refractivity contribution >= 4 is 5.97 Å². The summed E-state index contributed by atoms with van der Waals surface area (Å²) in [6.07, 6.45) is 22.4. The highest BCUT2D eigenvalue weighted by atomic mass is 16.5. The lowest BCUT2D eigenvalue weighted by atomic mass is 9.70. The second kappa shape index (κ2) is 13.4. The molecule has 0 aromatic heterocycles. The molecule has 17 atom stereocenters. The number of nitrogens with one attached hydrogen (secondary N) is 8. The monoisotopic (exact) mass is 653 g/mol. The second-order valence-corrected chi connectivity index (χ2v) is 17.7. The van der Waals surface area contributed by atoms with E-state index in [1.54, 1.807) is 0 Å². The van der Waals surface area contributed by atoms with Crippen LogP contribution in [0.25, 0.3) is 0 Å². The maximum absolute atomic E-state index is 13.1. The van der Waals surface area contributed by atoms with Crippen molar-refractivity contribution < 1.29 is 9.53 Å². The molecular weight excluding hydrogens is 588 g/mol. The lowest BCUT2D eigenvalue weighted by Gasteiger charge is -2.39. The van der Waals surface area contributed by atoms with Crippen LogP contribution in [-0.2, 0) is 9.53 Å². The Morgan fingerprint density at radius 1 is 0.468 bits per heavy atom. The van der Waals surface area contributed by atoms with Gasteiger partial charge in [0.25, 0.3) is 0 Å². The summed E-state index contributed by atoms with van der Waals surface area (Å²) in [7, 11) is 0. The zero-order valence-corrected chi connectivity index (χ0v) is 29.0. The molecule has 0 aromatic rings. The zero-order chi connectivity index (χ0) is 31.6. The van der Waals surface area contributed by atoms with Gasteiger partial charge >= 0.3 is 5.97 Å². The number of fused-ring (bicyclic) bond motifs is 20. The summed E-state index contributed by atoms with van der Waals surface area (Å²) >= 11 is 0. The van der Waals surface area contributed by atoms with Crippen LogP contribution in [0.4, 0.5) is 0 Å². The minimum Gasteiger partial charge on any atom is -0.463 e. The lowest BCUT2D eigenvalue weighted by molar-refractivity contribution is -0.149. The summed E-state index contributed by atoms with van der Waals surface area (Å²) in [5, 5.41) is 33.7. The predicted octanol–water partition coefficient (Wildman–Crippen LogP) is 3.17. The first-order valence-electron chi connectivity index (χ1n) is 20.3. The van der Waals surface area contributed by atoms with Gasteiger partial charge in [-0.2, -0.15) is 0 Å². The average Bonchev–Trinajstić information content (AvgIpc) is 3.80. The number of carbonyl (C=O) groups is 1. The van der Waals surface area contributed by atoms with Gasteiger partial charge in [-0.3, -0.25) is 47.3 Å². The Bertz CT molecular complexity index is 1120. The number of esters is 1. The van der Waals surface area contributed by atoms with Crippen LogP contribution in [0.15, 0.2) is 0 Å². The Hall–Kier alpha value is -0.850. The molecule has 4 aliphatic carbocycles. The molecule has 9 fully saturated rings. The fourth-order valence-corrected chi connectivity index (χ4v) is 13.0. The summed E-state index contributed by atoms with van der Waals surface area (Å²) < 4.78 is 5.73. The van der Waals surface area contributed by atoms with Gasteiger partial charge in [-0.1, -0.05) is 44.9 Å². The molecule has 8 bridgehead atoms. The molecule has 0 radical (unpaired) electrons. The van der Waals surface area contributed by atoms with Crippen LogP contribution >= 0.6 is 0 Å². The highest BCUT2D eigenvalue weighted by Gasteiger charge is 2.55. The van der Waals surface area contributed by atoms with Crippen LogP contribution in [0.3, 0.4) is 0 Å². The van der Waals surface area contributed by atoms with Crippen molar-refractivity contribution in [2.75, 3.05) is 0 Å². The third-order valence-corrected chi connectivity index (χ3v) is 14.8. The second-order valence-electron chi connectivity index (χ2n) is 17.7. The van der Waals surface area contributed by atoms with Crippen molar-refractivity contribution in [3.63, 3.8) is 0 Å². The Balaban J connectivity index is 1.04. The van der Waals surface area contributed by atoms with Gasteiger partial charge in [0, 0.05) is 6.42 Å². The van der Waals surface area contributed by atoms with Crippen LogP contribution in [0, 0.1) is 53.3 Å². The number of carbonyl (C=O) groups excluding carboxylic acids is 1. The van der Waals surface area contributed by atoms with Gasteiger partial charge in [-0.05, 0) is 118 Å². The molecule has 8 N–H and O–H groups in total. The number of rotatable bonds is 3. The van der Waals surface area contributed by atoms with Crippen molar-refractivity contribution in [2.24, 2.45) is 53.3 Å². The van der Waals surface area contributed by atoms with E-state index in [2.05, 4.69) is 42.5 Å². The van der Waals surface area contributed by atoms with Gasteiger partial charge in [-0.15, -0.1) is 0 Å². The smallest absolute Gasteiger partial charge is 0.306 e. The standard InChI is InChI=1S/C37H64N8O2/c1-19(2)47-28(46)18-20-10-9-17-27-29(20)37-44-35-26-16-8-7-15-25(26)33(42-35)40-31-22-12-4-3-11-21(22)30(38-31)39-32-23-13-5-6-14-24(23)34(41-32)43-36(27)45-37/h19-27,29-45H,3-18H2,1-2H3. The third-order valence-electron chi connectivity index (χ3n) is 14.8. The van der Waals surface area contributed by atoms with Crippen LogP contribution in [0.2, 0.25) is 0 Å². The van der Waals surface area contributed by atoms with Crippen molar-refractivity contribution in [2.45, 2.75) is 172 Å². The molecular formula is C37H64N8O2. The molecule has 4 saturated carbocycles. The van der Waals surface area contributed by atoms with Crippen LogP contribution < -0.4 is 42.5 Å². The molecule has 9 aliphatic rings. The van der Waals surface area contributed by atoms with Gasteiger partial charge in [0.05, 0.1) is 55.4 Å². The van der Waals surface area contributed by atoms with E-state index >= 15 is 0 Å². The predicted molar refractivity (Wildman–Crippen MR) is 182 cm³/mol. The molecule has 5 heterocycles. The van der Waals surface area contributed by atoms with E-state index in [0.29, 0.717) is 90.5 Å². The van der Waals surface area contributed by atoms with Crippen molar-refractivity contribution in [1.29, 1.82) is 0 Å². The summed E-state index contributed by atoms with van der Waals surface area (Å²) in [6.45, 7) is 3.95. The molecule has 0 spiro atoms. The van der Waals surface area contributed by atoms with E-state index in [1.807, 2.05) is 13.8 Å². The van der Waals surface area contributed by atoms with Crippen molar-refractivity contribution in [3.05, 3.63) is 0 Å². The van der Waals surface area contributed by atoms with Gasteiger partial charge in [-0.25, -0.2) is 0 Å². The van der Waals surface area contributed by atoms with Crippen LogP contribution in [0.1, 0.15) is 117 Å². The first kappa shape index (κ1) is 32.1. The largest absolute Gasteiger partial charge is 0.463 e. The lowest BCUT2D eigenvalue weighted by Crippen LogP contribution is -2.61. The van der Waals surface area contributed by atoms with Gasteiger partial charge in [0.1, 0.15) is 0 Å². The maximum atomic E-state index is 13.1. The summed E-state index contributed by atoms with van der Waals surface area (Å²) in [5.41, 5.74) is 0. The third kappa shape index (κ3) is 6.02. The Morgan fingerprint density at radius 2 is 0.787 bits per heavy atom. The van der Waals surface area contributed by atoms with Gasteiger partial charge in [0.15, 0.2) is 0 Å². The number of ether oxygens (including phenoxy) is 1. The molecule has 10 heteroatoms. The first-order valence-corrected chi connectivity index (χ1v) is 20.3. The normalized spacial score (nSPS) is 52.4. The summed E-state index contributed by atoms with van der Waals surface area (Å²) in [5.74, 6) is 5.24. The van der Waals surface area contributed by atoms with E-state index in [1.165, 1.54) is 89.9 Å². The average molecular weight is 653 g/mol. The zero-order valence-electron chi connectivity index (χ0n) is 29.0. The van der Waals surface area contributed by atoms with Gasteiger partial charge in [0.2, 0.25) is 0 Å². The number of hydrogen-bond donors (Lipinski definition) is 8. The summed E-state index contributed by atoms with van der Waals surface area (Å²) in [6, 6.07) is 0. The van der Waals surface area contributed by atoms with Crippen LogP contribution in [0.5, 0.6) is 0 Å². The highest BCUT2D eigenvalue weighted by Crippen LogP contribution is 2.47. The van der Waals surface area contributed by atoms with E-state index in [0.717, 1.165) is 6.42 Å². The molecule has 0 amide bonds. The van der Waals surface area contributed by atoms with E-state index < -0.39 is 0 Å². The van der Waals surface area contributed by atoms with E-state index in [4.69, 9.17) is 4.74 Å². The Kier molecular flexibility index (Phi) is 9.12. The quantitative estimate of drug-likeness (QED) is 0.216. The molecule has 0 aromatic carbocycles. The maximum Gasteiger partial charge on any atom is 0.306 e. The molecule has 47 heavy (non-hydrogen) atoms. The Labute approximate surface area is 282 Å². The molecule has 264 valence electrons. The minimum atomic E-state index is -0.0583. The highest BCUT2D eigenvalue weighted by molar-refractivity contribution is 5.70. The minimum absolute atomic E-state index is 0.0187. The molecule has 9 rings (SSSR count). The van der Waals surface area contributed by atoms with E-state index in [9.17, 15) is 4.79 Å². The van der Waals surface area contributed by atoms with Crippen LogP contribution in [-0.4, -0.2) is 61.4 Å². The SMILES string of the molecule is CC(C)OC(=O)CC1CCCC2C3NC4NC(NC5NC(NC6NC(NC(N3)C12)C1CCCCC61)C1CCCCC51)C1CCCCC41. The Morgan fingerprint density at radius 3 is 1.15 bits per heavy atom.